The highest BCUT2D eigenvalue weighted by Gasteiger charge is 2.14. The molecular formula is C13H12N2O3S. The number of carbonyl (C=O) groups excluding carboxylic acids is 1. The van der Waals surface area contributed by atoms with Crippen molar-refractivity contribution in [1.29, 1.82) is 0 Å². The molecule has 0 aliphatic heterocycles. The molecule has 0 bridgehead atoms. The number of hydrogen-bond acceptors (Lipinski definition) is 5. The predicted molar refractivity (Wildman–Crippen MR) is 72.5 cm³/mol. The second kappa shape index (κ2) is 4.64. The fourth-order valence-corrected chi connectivity index (χ4v) is 2.84. The maximum absolute atomic E-state index is 11.7. The fraction of sp³-hybridized carbons (Fsp3) is 0.231. The number of carbonyl (C=O) groups is 1. The minimum atomic E-state index is -0.329. The lowest BCUT2D eigenvalue weighted by Crippen LogP contribution is -2.01. The first-order valence-corrected chi connectivity index (χ1v) is 6.73. The van der Waals surface area contributed by atoms with Crippen LogP contribution in [0.2, 0.25) is 0 Å². The summed E-state index contributed by atoms with van der Waals surface area (Å²) in [5.41, 5.74) is 2.55. The van der Waals surface area contributed by atoms with E-state index < -0.39 is 0 Å². The molecule has 3 aromatic rings. The van der Waals surface area contributed by atoms with Crippen LogP contribution in [0.1, 0.15) is 22.2 Å². The summed E-state index contributed by atoms with van der Waals surface area (Å²) >= 11 is 1.30. The van der Waals surface area contributed by atoms with Gasteiger partial charge in [0.1, 0.15) is 4.88 Å². The highest BCUT2D eigenvalue weighted by molar-refractivity contribution is 7.18. The summed E-state index contributed by atoms with van der Waals surface area (Å²) in [6, 6.07) is 5.58. The Morgan fingerprint density at radius 1 is 1.53 bits per heavy atom. The zero-order chi connectivity index (χ0) is 13.4. The minimum Gasteiger partial charge on any atom is -0.462 e. The van der Waals surface area contributed by atoms with Crippen molar-refractivity contribution in [2.45, 2.75) is 13.5 Å². The molecule has 1 N–H and O–H groups in total. The first-order chi connectivity index (χ1) is 9.22. The summed E-state index contributed by atoms with van der Waals surface area (Å²) < 4.78 is 6.83. The molecule has 3 rings (SSSR count). The SMILES string of the molecule is CCOC(=O)c1cn2c(nc3ccc(CO)cc32)s1. The maximum Gasteiger partial charge on any atom is 0.349 e. The molecule has 2 heterocycles. The van der Waals surface area contributed by atoms with Crippen molar-refractivity contribution in [2.24, 2.45) is 0 Å². The monoisotopic (exact) mass is 276 g/mol. The van der Waals surface area contributed by atoms with Crippen LogP contribution in [0, 0.1) is 0 Å². The third kappa shape index (κ3) is 1.98. The number of aromatic nitrogens is 2. The Morgan fingerprint density at radius 2 is 2.37 bits per heavy atom. The number of nitrogens with zero attached hydrogens (tertiary/aromatic N) is 2. The second-order valence-corrected chi connectivity index (χ2v) is 5.07. The molecule has 0 aliphatic rings. The van der Waals surface area contributed by atoms with Gasteiger partial charge in [0.25, 0.3) is 0 Å². The van der Waals surface area contributed by atoms with Gasteiger partial charge in [-0.15, -0.1) is 0 Å². The average molecular weight is 276 g/mol. The van der Waals surface area contributed by atoms with Gasteiger partial charge in [-0.3, -0.25) is 4.40 Å². The Hall–Kier alpha value is -1.92. The standard InChI is InChI=1S/C13H12N2O3S/c1-2-18-12(17)11-6-15-10-5-8(7-16)3-4-9(10)14-13(15)19-11/h3-6,16H,2,7H2,1H3. The molecule has 5 nitrogen and oxygen atoms in total. The lowest BCUT2D eigenvalue weighted by molar-refractivity contribution is 0.0531. The molecule has 0 spiro atoms. The molecule has 19 heavy (non-hydrogen) atoms. The molecule has 2 aromatic heterocycles. The van der Waals surface area contributed by atoms with E-state index in [-0.39, 0.29) is 12.6 Å². The van der Waals surface area contributed by atoms with E-state index in [0.717, 1.165) is 21.6 Å². The Labute approximate surface area is 113 Å². The molecule has 0 radical (unpaired) electrons. The number of hydrogen-bond donors (Lipinski definition) is 1. The Morgan fingerprint density at radius 3 is 3.11 bits per heavy atom. The molecule has 0 atom stereocenters. The van der Waals surface area contributed by atoms with Crippen molar-refractivity contribution in [1.82, 2.24) is 9.38 Å². The van der Waals surface area contributed by atoms with Crippen LogP contribution in [-0.4, -0.2) is 27.1 Å². The van der Waals surface area contributed by atoms with Gasteiger partial charge in [-0.1, -0.05) is 17.4 Å². The van der Waals surface area contributed by atoms with Gasteiger partial charge in [0.05, 0.1) is 24.2 Å². The summed E-state index contributed by atoms with van der Waals surface area (Å²) in [5.74, 6) is -0.329. The van der Waals surface area contributed by atoms with E-state index in [1.807, 2.05) is 22.6 Å². The quantitative estimate of drug-likeness (QED) is 0.745. The first-order valence-electron chi connectivity index (χ1n) is 5.91. The lowest BCUT2D eigenvalue weighted by Gasteiger charge is -1.97. The second-order valence-electron chi connectivity index (χ2n) is 4.06. The predicted octanol–water partition coefficient (Wildman–Crippen LogP) is 2.22. The third-order valence-electron chi connectivity index (χ3n) is 2.83. The van der Waals surface area contributed by atoms with Crippen molar-refractivity contribution in [3.05, 3.63) is 34.8 Å². The average Bonchev–Trinajstić information content (AvgIpc) is 2.95. The summed E-state index contributed by atoms with van der Waals surface area (Å²) in [7, 11) is 0. The molecule has 98 valence electrons. The van der Waals surface area contributed by atoms with Crippen molar-refractivity contribution >= 4 is 33.3 Å². The summed E-state index contributed by atoms with van der Waals surface area (Å²) in [5, 5.41) is 9.17. The van der Waals surface area contributed by atoms with Gasteiger partial charge in [-0.05, 0) is 24.6 Å². The molecule has 0 aliphatic carbocycles. The maximum atomic E-state index is 11.7. The zero-order valence-corrected chi connectivity index (χ0v) is 11.1. The van der Waals surface area contributed by atoms with Crippen LogP contribution in [0.5, 0.6) is 0 Å². The van der Waals surface area contributed by atoms with Crippen LogP contribution in [0.25, 0.3) is 16.0 Å². The molecule has 6 heteroatoms. The number of esters is 1. The van der Waals surface area contributed by atoms with E-state index in [1.54, 1.807) is 13.1 Å². The van der Waals surface area contributed by atoms with Crippen LogP contribution in [0.3, 0.4) is 0 Å². The molecule has 0 saturated heterocycles. The molecule has 1 aromatic carbocycles. The molecule has 0 fully saturated rings. The Kier molecular flexibility index (Phi) is 2.96. The third-order valence-corrected chi connectivity index (χ3v) is 3.79. The van der Waals surface area contributed by atoms with E-state index in [4.69, 9.17) is 9.84 Å². The van der Waals surface area contributed by atoms with Crippen LogP contribution >= 0.6 is 11.3 Å². The largest absolute Gasteiger partial charge is 0.462 e. The van der Waals surface area contributed by atoms with Gasteiger partial charge in [-0.25, -0.2) is 9.78 Å². The number of fused-ring (bicyclic) bond motifs is 3. The summed E-state index contributed by atoms with van der Waals surface area (Å²) in [6.07, 6.45) is 1.73. The Balaban J connectivity index is 2.15. The Bertz CT molecular complexity index is 760. The van der Waals surface area contributed by atoms with Gasteiger partial charge in [0, 0.05) is 6.20 Å². The smallest absolute Gasteiger partial charge is 0.349 e. The first kappa shape index (κ1) is 12.1. The molecule has 0 unspecified atom stereocenters. The van der Waals surface area contributed by atoms with Crippen molar-refractivity contribution < 1.29 is 14.6 Å². The van der Waals surface area contributed by atoms with Crippen molar-refractivity contribution in [3.63, 3.8) is 0 Å². The highest BCUT2D eigenvalue weighted by atomic mass is 32.1. The van der Waals surface area contributed by atoms with E-state index in [1.165, 1.54) is 11.3 Å². The van der Waals surface area contributed by atoms with E-state index in [0.29, 0.717) is 11.5 Å². The van der Waals surface area contributed by atoms with E-state index in [2.05, 4.69) is 4.98 Å². The number of aliphatic hydroxyl groups is 1. The molecule has 0 amide bonds. The fourth-order valence-electron chi connectivity index (χ4n) is 1.95. The van der Waals surface area contributed by atoms with Crippen LogP contribution < -0.4 is 0 Å². The van der Waals surface area contributed by atoms with Crippen LogP contribution in [0.15, 0.2) is 24.4 Å². The number of rotatable bonds is 3. The molecular weight excluding hydrogens is 264 g/mol. The van der Waals surface area contributed by atoms with Crippen molar-refractivity contribution in [2.75, 3.05) is 6.61 Å². The van der Waals surface area contributed by atoms with Gasteiger partial charge in [0.2, 0.25) is 0 Å². The lowest BCUT2D eigenvalue weighted by atomic mass is 10.2. The van der Waals surface area contributed by atoms with Crippen molar-refractivity contribution in [3.8, 4) is 0 Å². The van der Waals surface area contributed by atoms with E-state index in [9.17, 15) is 4.79 Å². The zero-order valence-electron chi connectivity index (χ0n) is 10.3. The minimum absolute atomic E-state index is 0.0158. The summed E-state index contributed by atoms with van der Waals surface area (Å²) in [6.45, 7) is 2.12. The van der Waals surface area contributed by atoms with Gasteiger partial charge >= 0.3 is 5.97 Å². The van der Waals surface area contributed by atoms with Gasteiger partial charge < -0.3 is 9.84 Å². The van der Waals surface area contributed by atoms with Crippen LogP contribution in [-0.2, 0) is 11.3 Å². The number of imidazole rings is 1. The number of thiazole rings is 1. The normalized spacial score (nSPS) is 11.3. The summed E-state index contributed by atoms with van der Waals surface area (Å²) in [4.78, 5) is 17.4. The van der Waals surface area contributed by atoms with Crippen LogP contribution in [0.4, 0.5) is 0 Å². The van der Waals surface area contributed by atoms with E-state index >= 15 is 0 Å². The van der Waals surface area contributed by atoms with Gasteiger partial charge in [0.15, 0.2) is 4.96 Å². The molecule has 0 saturated carbocycles. The topological polar surface area (TPSA) is 63.8 Å². The highest BCUT2D eigenvalue weighted by Crippen LogP contribution is 2.25. The number of benzene rings is 1. The van der Waals surface area contributed by atoms with Gasteiger partial charge in [-0.2, -0.15) is 0 Å². The number of aliphatic hydroxyl groups excluding tert-OH is 1. The number of ether oxygens (including phenoxy) is 1.